The van der Waals surface area contributed by atoms with E-state index in [0.717, 1.165) is 13.0 Å². The Labute approximate surface area is 289 Å². The molecule has 2 aromatic rings. The highest BCUT2D eigenvalue weighted by Crippen LogP contribution is 2.43. The Morgan fingerprint density at radius 3 is 2.25 bits per heavy atom. The van der Waals surface area contributed by atoms with Crippen molar-refractivity contribution in [2.45, 2.75) is 106 Å². The minimum atomic E-state index is -1.96. The molecular weight excluding hydrogens is 684 g/mol. The fraction of sp³-hybridized carbons (Fsp3) is 0.545. The number of benzene rings is 2. The first-order valence-corrected chi connectivity index (χ1v) is 15.9. The number of fused-ring (bicyclic) bond motifs is 1. The Kier molecular flexibility index (Phi) is 11.4. The normalized spacial score (nSPS) is 33.3. The molecule has 0 bridgehead atoms. The lowest BCUT2D eigenvalue weighted by Crippen LogP contribution is -2.64. The summed E-state index contributed by atoms with van der Waals surface area (Å²) in [6.45, 7) is 1.76. The van der Waals surface area contributed by atoms with Crippen LogP contribution < -0.4 is 9.47 Å². The molecule has 280 valence electrons. The molecule has 2 fully saturated rings. The second-order valence-corrected chi connectivity index (χ2v) is 13.0. The summed E-state index contributed by atoms with van der Waals surface area (Å²) in [6.07, 6.45) is -19.1. The predicted molar refractivity (Wildman–Crippen MR) is 166 cm³/mol. The molecule has 3 aliphatic heterocycles. The zero-order valence-corrected chi connectivity index (χ0v) is 27.3. The van der Waals surface area contributed by atoms with Crippen LogP contribution in [0.2, 0.25) is 0 Å². The molecule has 12 atom stereocenters. The number of hydrogen-bond acceptors (Lipinski definition) is 17. The number of aliphatic carboxylic acids is 1. The van der Waals surface area contributed by atoms with E-state index in [2.05, 4.69) is 0 Å². The summed E-state index contributed by atoms with van der Waals surface area (Å²) in [7, 11) is 0. The molecule has 3 heterocycles. The first-order valence-electron chi connectivity index (χ1n) is 15.9. The number of ether oxygens (including phenoxy) is 6. The highest BCUT2D eigenvalue weighted by molar-refractivity contribution is 6.02. The van der Waals surface area contributed by atoms with E-state index in [-0.39, 0.29) is 29.2 Å². The SMILES string of the molecule is C[C@H]1O[C@H](O[C@H]2[C@H](Oc3cc(O)c4c(c3)O[C@H](c3ccc(O)cc3)CC4=O)O[C@H](COC(=O)C[C@](C)(O)CC(=O)O)[C@@H](O)[C@@H]2O)[C@H](O)[C@@H](O)[C@@H]1O. The summed E-state index contributed by atoms with van der Waals surface area (Å²) in [6, 6.07) is 8.23. The van der Waals surface area contributed by atoms with Gasteiger partial charge >= 0.3 is 11.9 Å². The van der Waals surface area contributed by atoms with E-state index in [9.17, 15) is 55.2 Å². The number of hydrogen-bond donors (Lipinski definition) is 9. The standard InChI is InChI=1S/C33H40O18/c1-13-25(40)27(42)29(44)31(47-13)51-30-28(43)26(41)21(12-46-23(39)11-33(2,45)10-22(37)38)50-32(30)48-16-7-17(35)24-18(36)9-19(49-20(24)8-16)14-3-5-15(34)6-4-14/h3-8,13,19,21,25-32,34-35,40-45H,9-12H2,1-2H3,(H,37,38)/t13-,19+,21-,25-,26-,27+,28+,29-,30-,31-,32-,33-/m1/s1. The second-order valence-electron chi connectivity index (χ2n) is 13.0. The highest BCUT2D eigenvalue weighted by atomic mass is 16.8. The van der Waals surface area contributed by atoms with Crippen molar-refractivity contribution in [3.63, 3.8) is 0 Å². The van der Waals surface area contributed by atoms with Crippen LogP contribution in [0.25, 0.3) is 0 Å². The third kappa shape index (κ3) is 8.68. The van der Waals surface area contributed by atoms with Crippen LogP contribution in [0.15, 0.2) is 36.4 Å². The van der Waals surface area contributed by atoms with Gasteiger partial charge in [-0.3, -0.25) is 14.4 Å². The zero-order chi connectivity index (χ0) is 37.4. The lowest BCUT2D eigenvalue weighted by atomic mass is 9.95. The van der Waals surface area contributed by atoms with Crippen LogP contribution in [0.4, 0.5) is 0 Å². The van der Waals surface area contributed by atoms with Gasteiger partial charge in [0.25, 0.3) is 0 Å². The highest BCUT2D eigenvalue weighted by Gasteiger charge is 2.51. The molecule has 9 N–H and O–H groups in total. The number of aliphatic hydroxyl groups is 6. The molecule has 0 unspecified atom stereocenters. The summed E-state index contributed by atoms with van der Waals surface area (Å²) in [5.41, 5.74) is -1.56. The van der Waals surface area contributed by atoms with Gasteiger partial charge in [-0.15, -0.1) is 0 Å². The van der Waals surface area contributed by atoms with Crippen LogP contribution in [-0.2, 0) is 28.5 Å². The first kappa shape index (κ1) is 38.1. The van der Waals surface area contributed by atoms with Crippen molar-refractivity contribution in [1.82, 2.24) is 0 Å². The van der Waals surface area contributed by atoms with Crippen molar-refractivity contribution in [3.05, 3.63) is 47.5 Å². The zero-order valence-electron chi connectivity index (χ0n) is 27.3. The number of Topliss-reactive ketones (excluding diaryl/α,β-unsaturated/α-hetero) is 1. The molecule has 5 rings (SSSR count). The van der Waals surface area contributed by atoms with Crippen LogP contribution in [0.3, 0.4) is 0 Å². The maximum atomic E-state index is 13.0. The Morgan fingerprint density at radius 1 is 0.902 bits per heavy atom. The first-order chi connectivity index (χ1) is 23.9. The van der Waals surface area contributed by atoms with Crippen LogP contribution in [0.1, 0.15) is 55.1 Å². The van der Waals surface area contributed by atoms with Gasteiger partial charge in [0.05, 0.1) is 31.0 Å². The molecule has 2 aromatic carbocycles. The maximum absolute atomic E-state index is 13.0. The molecule has 0 radical (unpaired) electrons. The number of carbonyl (C=O) groups excluding carboxylic acids is 2. The number of carboxylic acids is 1. The third-order valence-corrected chi connectivity index (χ3v) is 8.70. The molecule has 3 aliphatic rings. The molecule has 0 amide bonds. The Hall–Kier alpha value is -4.11. The van der Waals surface area contributed by atoms with Gasteiger partial charge in [-0.05, 0) is 31.5 Å². The van der Waals surface area contributed by atoms with Gasteiger partial charge < -0.3 is 74.4 Å². The largest absolute Gasteiger partial charge is 0.508 e. The fourth-order valence-electron chi connectivity index (χ4n) is 5.98. The topological polar surface area (TPSA) is 289 Å². The number of rotatable bonds is 11. The van der Waals surface area contributed by atoms with Crippen molar-refractivity contribution >= 4 is 17.7 Å². The number of carbonyl (C=O) groups is 3. The number of phenolic OH excluding ortho intramolecular Hbond substituents is 2. The van der Waals surface area contributed by atoms with Crippen molar-refractivity contribution in [2.24, 2.45) is 0 Å². The van der Waals surface area contributed by atoms with Crippen LogP contribution in [-0.4, -0.2) is 137 Å². The molecular formula is C33H40O18. The fourth-order valence-corrected chi connectivity index (χ4v) is 5.98. The number of aromatic hydroxyl groups is 2. The van der Waals surface area contributed by atoms with E-state index in [4.69, 9.17) is 33.5 Å². The Bertz CT molecular complexity index is 1580. The van der Waals surface area contributed by atoms with Crippen molar-refractivity contribution in [1.29, 1.82) is 0 Å². The second kappa shape index (κ2) is 15.2. The van der Waals surface area contributed by atoms with E-state index >= 15 is 0 Å². The van der Waals surface area contributed by atoms with Crippen molar-refractivity contribution < 1.29 is 88.8 Å². The predicted octanol–water partition coefficient (Wildman–Crippen LogP) is -0.998. The summed E-state index contributed by atoms with van der Waals surface area (Å²) in [5, 5.41) is 92.7. The minimum Gasteiger partial charge on any atom is -0.508 e. The lowest BCUT2D eigenvalue weighted by molar-refractivity contribution is -0.354. The summed E-state index contributed by atoms with van der Waals surface area (Å²) in [4.78, 5) is 36.5. The molecule has 2 saturated heterocycles. The van der Waals surface area contributed by atoms with Gasteiger partial charge in [-0.25, -0.2) is 0 Å². The van der Waals surface area contributed by atoms with Crippen LogP contribution >= 0.6 is 0 Å². The monoisotopic (exact) mass is 724 g/mol. The van der Waals surface area contributed by atoms with Crippen LogP contribution in [0.5, 0.6) is 23.0 Å². The smallest absolute Gasteiger partial charge is 0.308 e. The molecule has 0 spiro atoms. The molecule has 0 aromatic heterocycles. The average Bonchev–Trinajstić information content (AvgIpc) is 3.04. The van der Waals surface area contributed by atoms with Gasteiger partial charge in [0.2, 0.25) is 6.29 Å². The number of aliphatic hydroxyl groups excluding tert-OH is 5. The lowest BCUT2D eigenvalue weighted by Gasteiger charge is -2.45. The quantitative estimate of drug-likeness (QED) is 0.126. The molecule has 18 nitrogen and oxygen atoms in total. The average molecular weight is 725 g/mol. The minimum absolute atomic E-state index is 0.00408. The van der Waals surface area contributed by atoms with Crippen molar-refractivity contribution in [3.8, 4) is 23.0 Å². The van der Waals surface area contributed by atoms with Gasteiger partial charge in [0, 0.05) is 12.1 Å². The van der Waals surface area contributed by atoms with Crippen molar-refractivity contribution in [2.75, 3.05) is 6.61 Å². The van der Waals surface area contributed by atoms with Gasteiger partial charge in [-0.2, -0.15) is 0 Å². The third-order valence-electron chi connectivity index (χ3n) is 8.70. The molecule has 51 heavy (non-hydrogen) atoms. The van der Waals surface area contributed by atoms with E-state index < -0.39 is 116 Å². The van der Waals surface area contributed by atoms with E-state index in [0.29, 0.717) is 5.56 Å². The van der Waals surface area contributed by atoms with E-state index in [1.807, 2.05) is 0 Å². The Balaban J connectivity index is 1.39. The summed E-state index contributed by atoms with van der Waals surface area (Å²) >= 11 is 0. The molecule has 0 saturated carbocycles. The Morgan fingerprint density at radius 2 is 1.59 bits per heavy atom. The number of esters is 1. The van der Waals surface area contributed by atoms with E-state index in [1.54, 1.807) is 12.1 Å². The summed E-state index contributed by atoms with van der Waals surface area (Å²) in [5.74, 6) is -3.74. The maximum Gasteiger partial charge on any atom is 0.308 e. The van der Waals surface area contributed by atoms with E-state index in [1.165, 1.54) is 25.1 Å². The molecule has 18 heteroatoms. The summed E-state index contributed by atoms with van der Waals surface area (Å²) < 4.78 is 34.1. The van der Waals surface area contributed by atoms with Gasteiger partial charge in [0.1, 0.15) is 77.9 Å². The molecule has 0 aliphatic carbocycles. The van der Waals surface area contributed by atoms with Gasteiger partial charge in [0.15, 0.2) is 18.2 Å². The number of carboxylic acid groups (broad SMARTS) is 1. The van der Waals surface area contributed by atoms with Gasteiger partial charge in [-0.1, -0.05) is 12.1 Å². The number of phenols is 2. The number of ketones is 1. The van der Waals surface area contributed by atoms with Crippen LogP contribution in [0, 0.1) is 0 Å².